The third-order valence-electron chi connectivity index (χ3n) is 2.61. The Morgan fingerprint density at radius 3 is 2.40 bits per heavy atom. The number of halogens is 4. The predicted molar refractivity (Wildman–Crippen MR) is 61.6 cm³/mol. The van der Waals surface area contributed by atoms with Crippen LogP contribution in [0.1, 0.15) is 35.2 Å². The van der Waals surface area contributed by atoms with Gasteiger partial charge in [0.1, 0.15) is 5.82 Å². The van der Waals surface area contributed by atoms with Crippen molar-refractivity contribution in [2.75, 3.05) is 7.11 Å². The van der Waals surface area contributed by atoms with Crippen molar-refractivity contribution in [2.45, 2.75) is 25.4 Å². The molecule has 0 radical (unpaired) electrons. The Hall–Kier alpha value is -1.92. The minimum Gasteiger partial charge on any atom is -0.469 e. The van der Waals surface area contributed by atoms with Crippen molar-refractivity contribution in [3.8, 4) is 0 Å². The fourth-order valence-corrected chi connectivity index (χ4v) is 1.56. The number of alkyl halides is 3. The molecule has 0 aliphatic carbocycles. The third-order valence-corrected chi connectivity index (χ3v) is 2.61. The zero-order chi connectivity index (χ0) is 15.3. The number of esters is 1. The standard InChI is InChI=1S/C13H12F4O3/c1-20-12(19)4-2-3-11(18)8-5-6-10(14)9(7-8)13(15,16)17/h5-7H,2-4H2,1H3. The van der Waals surface area contributed by atoms with E-state index < -0.39 is 29.3 Å². The second kappa shape index (κ2) is 6.49. The number of carbonyl (C=O) groups is 2. The first-order valence-corrected chi connectivity index (χ1v) is 5.72. The van der Waals surface area contributed by atoms with Gasteiger partial charge in [0.2, 0.25) is 0 Å². The van der Waals surface area contributed by atoms with E-state index in [1.54, 1.807) is 0 Å². The van der Waals surface area contributed by atoms with Crippen molar-refractivity contribution < 1.29 is 31.9 Å². The molecule has 0 unspecified atom stereocenters. The van der Waals surface area contributed by atoms with Crippen LogP contribution in [-0.4, -0.2) is 18.9 Å². The van der Waals surface area contributed by atoms with Crippen molar-refractivity contribution in [3.63, 3.8) is 0 Å². The molecule has 0 saturated carbocycles. The molecule has 0 aliphatic rings. The summed E-state index contributed by atoms with van der Waals surface area (Å²) in [5.41, 5.74) is -1.71. The zero-order valence-electron chi connectivity index (χ0n) is 10.6. The van der Waals surface area contributed by atoms with Crippen molar-refractivity contribution in [2.24, 2.45) is 0 Å². The van der Waals surface area contributed by atoms with Gasteiger partial charge in [-0.2, -0.15) is 13.2 Å². The van der Waals surface area contributed by atoms with Crippen LogP contribution >= 0.6 is 0 Å². The lowest BCUT2D eigenvalue weighted by Crippen LogP contribution is -2.11. The molecule has 0 N–H and O–H groups in total. The number of carbonyl (C=O) groups excluding carboxylic acids is 2. The molecule has 1 rings (SSSR count). The van der Waals surface area contributed by atoms with E-state index in [2.05, 4.69) is 4.74 Å². The monoisotopic (exact) mass is 292 g/mol. The summed E-state index contributed by atoms with van der Waals surface area (Å²) >= 11 is 0. The molecule has 0 aliphatic heterocycles. The molecular formula is C13H12F4O3. The Bertz CT molecular complexity index is 509. The summed E-state index contributed by atoms with van der Waals surface area (Å²) in [4.78, 5) is 22.5. The Labute approximate surface area is 112 Å². The number of ketones is 1. The molecular weight excluding hydrogens is 280 g/mol. The van der Waals surface area contributed by atoms with Gasteiger partial charge in [-0.25, -0.2) is 4.39 Å². The van der Waals surface area contributed by atoms with Crippen LogP contribution < -0.4 is 0 Å². The summed E-state index contributed by atoms with van der Waals surface area (Å²) in [5.74, 6) is -2.52. The summed E-state index contributed by atoms with van der Waals surface area (Å²) < 4.78 is 54.9. The maximum Gasteiger partial charge on any atom is 0.419 e. The number of rotatable bonds is 5. The van der Waals surface area contributed by atoms with Crippen LogP contribution in [0.4, 0.5) is 17.6 Å². The number of hydrogen-bond donors (Lipinski definition) is 0. The van der Waals surface area contributed by atoms with Gasteiger partial charge in [-0.3, -0.25) is 9.59 Å². The van der Waals surface area contributed by atoms with Crippen LogP contribution in [0.5, 0.6) is 0 Å². The fourth-order valence-electron chi connectivity index (χ4n) is 1.56. The molecule has 3 nitrogen and oxygen atoms in total. The summed E-state index contributed by atoms with van der Waals surface area (Å²) in [6, 6.07) is 2.08. The number of methoxy groups -OCH3 is 1. The minimum absolute atomic E-state index is 0.00440. The molecule has 0 fully saturated rings. The van der Waals surface area contributed by atoms with Gasteiger partial charge in [-0.15, -0.1) is 0 Å². The maximum atomic E-state index is 13.0. The number of Topliss-reactive ketones (excluding diaryl/α,β-unsaturated/α-hetero) is 1. The van der Waals surface area contributed by atoms with Crippen molar-refractivity contribution in [3.05, 3.63) is 35.1 Å². The lowest BCUT2D eigenvalue weighted by molar-refractivity contribution is -0.141. The van der Waals surface area contributed by atoms with E-state index in [0.717, 1.165) is 6.07 Å². The van der Waals surface area contributed by atoms with Gasteiger partial charge >= 0.3 is 12.1 Å². The van der Waals surface area contributed by atoms with Crippen LogP contribution in [0.25, 0.3) is 0 Å². The highest BCUT2D eigenvalue weighted by Gasteiger charge is 2.34. The number of benzene rings is 1. The van der Waals surface area contributed by atoms with E-state index in [0.29, 0.717) is 12.1 Å². The van der Waals surface area contributed by atoms with E-state index in [4.69, 9.17) is 0 Å². The van der Waals surface area contributed by atoms with Gasteiger partial charge in [0.05, 0.1) is 12.7 Å². The van der Waals surface area contributed by atoms with Crippen molar-refractivity contribution in [1.82, 2.24) is 0 Å². The van der Waals surface area contributed by atoms with Crippen LogP contribution in [0.3, 0.4) is 0 Å². The third kappa shape index (κ3) is 4.32. The van der Waals surface area contributed by atoms with E-state index in [-0.39, 0.29) is 24.8 Å². The smallest absolute Gasteiger partial charge is 0.419 e. The zero-order valence-corrected chi connectivity index (χ0v) is 10.6. The minimum atomic E-state index is -4.85. The van der Waals surface area contributed by atoms with Crippen molar-refractivity contribution >= 4 is 11.8 Å². The molecule has 110 valence electrons. The molecule has 1 aromatic rings. The molecule has 0 saturated heterocycles. The highest BCUT2D eigenvalue weighted by atomic mass is 19.4. The first-order valence-electron chi connectivity index (χ1n) is 5.72. The second-order valence-corrected chi connectivity index (χ2v) is 4.05. The number of hydrogen-bond acceptors (Lipinski definition) is 3. The summed E-state index contributed by atoms with van der Waals surface area (Å²) in [7, 11) is 1.19. The first-order chi connectivity index (χ1) is 9.25. The Morgan fingerprint density at radius 2 is 1.85 bits per heavy atom. The Kier molecular flexibility index (Phi) is 5.24. The SMILES string of the molecule is COC(=O)CCCC(=O)c1ccc(F)c(C(F)(F)F)c1. The van der Waals surface area contributed by atoms with Gasteiger partial charge < -0.3 is 4.74 Å². The average Bonchev–Trinajstić information content (AvgIpc) is 2.37. The summed E-state index contributed by atoms with van der Waals surface area (Å²) in [5, 5.41) is 0. The Morgan fingerprint density at radius 1 is 1.20 bits per heavy atom. The van der Waals surface area contributed by atoms with Gasteiger partial charge in [-0.1, -0.05) is 0 Å². The molecule has 0 bridgehead atoms. The number of ether oxygens (including phenoxy) is 1. The lowest BCUT2D eigenvalue weighted by Gasteiger charge is -2.09. The van der Waals surface area contributed by atoms with E-state index in [9.17, 15) is 27.2 Å². The van der Waals surface area contributed by atoms with E-state index in [1.165, 1.54) is 7.11 Å². The van der Waals surface area contributed by atoms with E-state index in [1.807, 2.05) is 0 Å². The molecule has 0 aromatic heterocycles. The highest BCUT2D eigenvalue weighted by Crippen LogP contribution is 2.32. The largest absolute Gasteiger partial charge is 0.469 e. The van der Waals surface area contributed by atoms with Gasteiger partial charge in [-0.05, 0) is 24.6 Å². The molecule has 1 aromatic carbocycles. The van der Waals surface area contributed by atoms with Gasteiger partial charge in [0.15, 0.2) is 5.78 Å². The van der Waals surface area contributed by atoms with E-state index >= 15 is 0 Å². The molecule has 0 spiro atoms. The summed E-state index contributed by atoms with van der Waals surface area (Å²) in [6.07, 6.45) is -4.82. The van der Waals surface area contributed by atoms with Gasteiger partial charge in [0, 0.05) is 18.4 Å². The molecule has 0 heterocycles. The highest BCUT2D eigenvalue weighted by molar-refractivity contribution is 5.96. The molecule has 7 heteroatoms. The van der Waals surface area contributed by atoms with Crippen LogP contribution in [0.2, 0.25) is 0 Å². The second-order valence-electron chi connectivity index (χ2n) is 4.05. The van der Waals surface area contributed by atoms with Crippen LogP contribution in [-0.2, 0) is 15.7 Å². The average molecular weight is 292 g/mol. The first kappa shape index (κ1) is 16.1. The van der Waals surface area contributed by atoms with Crippen LogP contribution in [0, 0.1) is 5.82 Å². The van der Waals surface area contributed by atoms with Crippen molar-refractivity contribution in [1.29, 1.82) is 0 Å². The quantitative estimate of drug-likeness (QED) is 0.475. The fraction of sp³-hybridized carbons (Fsp3) is 0.385. The maximum absolute atomic E-state index is 13.0. The molecule has 0 atom stereocenters. The topological polar surface area (TPSA) is 43.4 Å². The lowest BCUT2D eigenvalue weighted by atomic mass is 10.0. The molecule has 20 heavy (non-hydrogen) atoms. The van der Waals surface area contributed by atoms with Crippen LogP contribution in [0.15, 0.2) is 18.2 Å². The van der Waals surface area contributed by atoms with Gasteiger partial charge in [0.25, 0.3) is 0 Å². The molecule has 0 amide bonds. The Balaban J connectivity index is 2.77. The predicted octanol–water partition coefficient (Wildman–Crippen LogP) is 3.37. The summed E-state index contributed by atoms with van der Waals surface area (Å²) in [6.45, 7) is 0. The normalized spacial score (nSPS) is 11.2.